The second kappa shape index (κ2) is 9.31. The number of benzene rings is 3. The minimum Gasteiger partial charge on any atom is -0.824 e. The van der Waals surface area contributed by atoms with Crippen LogP contribution in [0, 0.1) is 0 Å². The maximum atomic E-state index is 13.4. The van der Waals surface area contributed by atoms with Crippen molar-refractivity contribution in [2.75, 3.05) is 21.0 Å². The fourth-order valence-corrected chi connectivity index (χ4v) is 4.85. The first kappa shape index (κ1) is 22.3. The van der Waals surface area contributed by atoms with Crippen molar-refractivity contribution in [2.24, 2.45) is 0 Å². The molecular formula is C23H20N3O6S-. The molecule has 0 unspecified atom stereocenters. The average molecular weight is 466 g/mol. The van der Waals surface area contributed by atoms with Crippen LogP contribution in [0.25, 0.3) is 16.9 Å². The number of para-hydroxylation sites is 1. The van der Waals surface area contributed by atoms with Gasteiger partial charge in [0, 0.05) is 12.4 Å². The Morgan fingerprint density at radius 2 is 1.70 bits per heavy atom. The summed E-state index contributed by atoms with van der Waals surface area (Å²) in [4.78, 5) is 0.141. The van der Waals surface area contributed by atoms with Gasteiger partial charge in [-0.25, -0.2) is 13.1 Å². The fourth-order valence-electron chi connectivity index (χ4n) is 3.38. The molecule has 0 N–H and O–H groups in total. The van der Waals surface area contributed by atoms with Gasteiger partial charge in [0.25, 0.3) is 0 Å². The lowest BCUT2D eigenvalue weighted by molar-refractivity contribution is -0.413. The van der Waals surface area contributed by atoms with Crippen LogP contribution in [0.3, 0.4) is 0 Å². The Morgan fingerprint density at radius 1 is 0.939 bits per heavy atom. The van der Waals surface area contributed by atoms with Gasteiger partial charge < -0.3 is 19.3 Å². The van der Waals surface area contributed by atoms with E-state index in [9.17, 15) is 13.5 Å². The molecule has 0 bridgehead atoms. The van der Waals surface area contributed by atoms with Gasteiger partial charge in [-0.2, -0.15) is 0 Å². The van der Waals surface area contributed by atoms with Crippen molar-refractivity contribution in [1.29, 1.82) is 0 Å². The number of aromatic nitrogens is 3. The normalized spacial score (nSPS) is 11.2. The van der Waals surface area contributed by atoms with Crippen LogP contribution in [0.4, 0.5) is 0 Å². The van der Waals surface area contributed by atoms with Crippen molar-refractivity contribution in [3.8, 4) is 34.2 Å². The van der Waals surface area contributed by atoms with E-state index in [1.54, 1.807) is 42.6 Å². The summed E-state index contributed by atoms with van der Waals surface area (Å²) in [6.45, 7) is -0.747. The summed E-state index contributed by atoms with van der Waals surface area (Å²) in [6.07, 6.45) is 1.62. The first-order valence-corrected chi connectivity index (χ1v) is 11.3. The number of ether oxygens (including phenoxy) is 3. The smallest absolute Gasteiger partial charge is 0.207 e. The molecule has 10 heteroatoms. The molecule has 3 aromatic carbocycles. The highest BCUT2D eigenvalue weighted by Gasteiger charge is 2.23. The molecule has 0 saturated heterocycles. The Balaban J connectivity index is 1.76. The Morgan fingerprint density at radius 3 is 2.39 bits per heavy atom. The van der Waals surface area contributed by atoms with E-state index in [2.05, 4.69) is 10.3 Å². The second-order valence-corrected chi connectivity index (χ2v) is 8.71. The van der Waals surface area contributed by atoms with E-state index in [-0.39, 0.29) is 9.79 Å². The zero-order chi connectivity index (χ0) is 23.4. The predicted molar refractivity (Wildman–Crippen MR) is 117 cm³/mol. The quantitative estimate of drug-likeness (QED) is 0.364. The SMILES string of the molecule is COc1cccc(-n2cc(-c3ccccc3S(=O)(=O)c3ccc(OC[O-])cc3)nn2)c1OC. The minimum atomic E-state index is -3.88. The van der Waals surface area contributed by atoms with Gasteiger partial charge in [-0.1, -0.05) is 29.5 Å². The molecule has 0 saturated carbocycles. The number of rotatable bonds is 8. The third-order valence-electron chi connectivity index (χ3n) is 4.93. The van der Waals surface area contributed by atoms with E-state index < -0.39 is 16.6 Å². The predicted octanol–water partition coefficient (Wildman–Crippen LogP) is 2.48. The molecule has 0 amide bonds. The van der Waals surface area contributed by atoms with Gasteiger partial charge >= 0.3 is 0 Å². The number of methoxy groups -OCH3 is 2. The lowest BCUT2D eigenvalue weighted by atomic mass is 10.2. The van der Waals surface area contributed by atoms with Crippen LogP contribution in [0.5, 0.6) is 17.2 Å². The van der Waals surface area contributed by atoms with Crippen molar-refractivity contribution >= 4 is 9.84 Å². The highest BCUT2D eigenvalue weighted by atomic mass is 32.2. The van der Waals surface area contributed by atoms with Crippen LogP contribution >= 0.6 is 0 Å². The zero-order valence-corrected chi connectivity index (χ0v) is 18.7. The topological polar surface area (TPSA) is 116 Å². The largest absolute Gasteiger partial charge is 0.824 e. The van der Waals surface area contributed by atoms with E-state index in [4.69, 9.17) is 14.2 Å². The molecule has 0 fully saturated rings. The molecule has 0 aliphatic carbocycles. The highest BCUT2D eigenvalue weighted by Crippen LogP contribution is 2.35. The molecule has 0 atom stereocenters. The van der Waals surface area contributed by atoms with Crippen LogP contribution in [0.1, 0.15) is 0 Å². The monoisotopic (exact) mass is 466 g/mol. The van der Waals surface area contributed by atoms with Gasteiger partial charge in [0.05, 0.1) is 30.2 Å². The summed E-state index contributed by atoms with van der Waals surface area (Å²) in [5.41, 5.74) is 1.35. The van der Waals surface area contributed by atoms with Crippen LogP contribution in [-0.4, -0.2) is 44.4 Å². The minimum absolute atomic E-state index is 0.0649. The molecule has 9 nitrogen and oxygen atoms in total. The first-order valence-electron chi connectivity index (χ1n) is 9.78. The summed E-state index contributed by atoms with van der Waals surface area (Å²) >= 11 is 0. The van der Waals surface area contributed by atoms with Crippen molar-refractivity contribution < 1.29 is 27.7 Å². The standard InChI is InChI=1S/C23H20N3O6S/c1-30-21-8-5-7-20(23(21)31-2)26-14-19(24-25-26)18-6-3-4-9-22(18)33(28,29)17-12-10-16(11-13-17)32-15-27/h3-14H,15H2,1-2H3/q-1. The van der Waals surface area contributed by atoms with Gasteiger partial charge in [0.1, 0.15) is 17.1 Å². The van der Waals surface area contributed by atoms with Crippen LogP contribution in [-0.2, 0) is 9.84 Å². The molecule has 1 aromatic heterocycles. The molecule has 0 spiro atoms. The van der Waals surface area contributed by atoms with Gasteiger partial charge in [0.2, 0.25) is 9.84 Å². The third kappa shape index (κ3) is 4.26. The summed E-state index contributed by atoms with van der Waals surface area (Å²) in [6, 6.07) is 17.6. The van der Waals surface area contributed by atoms with Crippen LogP contribution in [0.2, 0.25) is 0 Å². The molecule has 4 rings (SSSR count). The number of sulfone groups is 1. The van der Waals surface area contributed by atoms with Gasteiger partial charge in [-0.15, -0.1) is 5.10 Å². The van der Waals surface area contributed by atoms with Crippen molar-refractivity contribution in [3.63, 3.8) is 0 Å². The van der Waals surface area contributed by atoms with E-state index >= 15 is 0 Å². The molecule has 1 heterocycles. The highest BCUT2D eigenvalue weighted by molar-refractivity contribution is 7.91. The lowest BCUT2D eigenvalue weighted by Gasteiger charge is -2.12. The number of hydrogen-bond donors (Lipinski definition) is 0. The Labute approximate surface area is 190 Å². The molecule has 0 aliphatic rings. The third-order valence-corrected chi connectivity index (χ3v) is 6.76. The second-order valence-electron chi connectivity index (χ2n) is 6.79. The number of nitrogens with zero attached hydrogens (tertiary/aromatic N) is 3. The van der Waals surface area contributed by atoms with Crippen LogP contribution in [0.15, 0.2) is 82.7 Å². The number of hydrogen-bond acceptors (Lipinski definition) is 8. The summed E-state index contributed by atoms with van der Waals surface area (Å²) in [5.74, 6) is 1.30. The summed E-state index contributed by atoms with van der Waals surface area (Å²) in [5, 5.41) is 19.0. The van der Waals surface area contributed by atoms with E-state index in [1.807, 2.05) is 0 Å². The van der Waals surface area contributed by atoms with Crippen molar-refractivity contribution in [2.45, 2.75) is 9.79 Å². The molecular weight excluding hydrogens is 446 g/mol. The van der Waals surface area contributed by atoms with Crippen molar-refractivity contribution in [1.82, 2.24) is 15.0 Å². The Kier molecular flexibility index (Phi) is 6.29. The van der Waals surface area contributed by atoms with E-state index in [1.165, 1.54) is 49.2 Å². The van der Waals surface area contributed by atoms with Gasteiger partial charge in [0.15, 0.2) is 11.5 Å². The maximum absolute atomic E-state index is 13.4. The Hall–Kier alpha value is -3.89. The van der Waals surface area contributed by atoms with E-state index in [0.29, 0.717) is 34.2 Å². The summed E-state index contributed by atoms with van der Waals surface area (Å²) in [7, 11) is -0.825. The average Bonchev–Trinajstić information content (AvgIpc) is 3.34. The molecule has 0 aliphatic heterocycles. The van der Waals surface area contributed by atoms with E-state index in [0.717, 1.165) is 0 Å². The molecule has 0 radical (unpaired) electrons. The zero-order valence-electron chi connectivity index (χ0n) is 17.8. The molecule has 170 valence electrons. The van der Waals surface area contributed by atoms with Crippen molar-refractivity contribution in [3.05, 3.63) is 72.9 Å². The Bertz CT molecular complexity index is 1370. The van der Waals surface area contributed by atoms with Crippen LogP contribution < -0.4 is 19.3 Å². The molecule has 4 aromatic rings. The molecule has 33 heavy (non-hydrogen) atoms. The van der Waals surface area contributed by atoms with Gasteiger partial charge in [-0.3, -0.25) is 0 Å². The first-order chi connectivity index (χ1) is 16.0. The maximum Gasteiger partial charge on any atom is 0.207 e. The van der Waals surface area contributed by atoms with Gasteiger partial charge in [-0.05, 0) is 42.5 Å². The lowest BCUT2D eigenvalue weighted by Crippen LogP contribution is -2.12. The summed E-state index contributed by atoms with van der Waals surface area (Å²) < 4.78 is 43.9. The fraction of sp³-hybridized carbons (Fsp3) is 0.130.